The highest BCUT2D eigenvalue weighted by molar-refractivity contribution is 7.12. The molecule has 1 aliphatic rings. The average Bonchev–Trinajstić information content (AvgIpc) is 3.18. The number of fused-ring (bicyclic) bond motifs is 1. The fourth-order valence-electron chi connectivity index (χ4n) is 3.38. The first-order valence-electron chi connectivity index (χ1n) is 8.09. The van der Waals surface area contributed by atoms with Crippen LogP contribution in [0.3, 0.4) is 0 Å². The minimum absolute atomic E-state index is 0.0160. The van der Waals surface area contributed by atoms with Gasteiger partial charge in [-0.25, -0.2) is 0 Å². The Labute approximate surface area is 170 Å². The molecule has 136 valence electrons. The normalized spacial score (nSPS) is 16.0. The van der Waals surface area contributed by atoms with Crippen molar-refractivity contribution < 1.29 is 4.74 Å². The van der Waals surface area contributed by atoms with Crippen LogP contribution >= 0.6 is 34.5 Å². The fourth-order valence-corrected chi connectivity index (χ4v) is 4.73. The number of aryl methyl sites for hydroxylation is 2. The zero-order valence-electron chi connectivity index (χ0n) is 14.4. The molecule has 1 atom stereocenters. The second-order valence-corrected chi connectivity index (χ2v) is 8.46. The number of nitrogens with two attached hydrogens (primary N) is 1. The second kappa shape index (κ2) is 6.61. The number of hydrogen-bond acceptors (Lipinski definition) is 5. The summed E-state index contributed by atoms with van der Waals surface area (Å²) < 4.78 is 5.63. The smallest absolute Gasteiger partial charge is 0.244 e. The Bertz CT molecular complexity index is 1140. The predicted molar refractivity (Wildman–Crippen MR) is 107 cm³/mol. The zero-order chi connectivity index (χ0) is 19.3. The maximum absolute atomic E-state index is 9.76. The third kappa shape index (κ3) is 2.79. The topological polar surface area (TPSA) is 87.7 Å². The Kier molecular flexibility index (Phi) is 4.39. The van der Waals surface area contributed by atoms with Crippen LogP contribution in [0.5, 0.6) is 5.88 Å². The Morgan fingerprint density at radius 2 is 2.11 bits per heavy atom. The Hall–Kier alpha value is -2.46. The van der Waals surface area contributed by atoms with Gasteiger partial charge in [0.2, 0.25) is 11.8 Å². The second-order valence-electron chi connectivity index (χ2n) is 6.21. The molecule has 0 radical (unpaired) electrons. The van der Waals surface area contributed by atoms with Gasteiger partial charge in [-0.15, -0.1) is 16.4 Å². The van der Waals surface area contributed by atoms with E-state index in [2.05, 4.69) is 22.3 Å². The van der Waals surface area contributed by atoms with E-state index in [4.69, 9.17) is 33.7 Å². The van der Waals surface area contributed by atoms with Crippen molar-refractivity contribution in [3.05, 3.63) is 66.6 Å². The van der Waals surface area contributed by atoms with Crippen LogP contribution in [0.4, 0.5) is 0 Å². The Morgan fingerprint density at radius 3 is 2.78 bits per heavy atom. The summed E-state index contributed by atoms with van der Waals surface area (Å²) >= 11 is 14.4. The van der Waals surface area contributed by atoms with Crippen molar-refractivity contribution in [2.45, 2.75) is 19.8 Å². The van der Waals surface area contributed by atoms with Crippen molar-refractivity contribution in [3.63, 3.8) is 0 Å². The van der Waals surface area contributed by atoms with Crippen LogP contribution in [0.25, 0.3) is 11.3 Å². The zero-order valence-corrected chi connectivity index (χ0v) is 16.8. The number of aromatic amines is 1. The summed E-state index contributed by atoms with van der Waals surface area (Å²) in [5.74, 6) is -0.175. The monoisotopic (exact) mass is 416 g/mol. The molecule has 4 rings (SSSR count). The fraction of sp³-hybridized carbons (Fsp3) is 0.158. The summed E-state index contributed by atoms with van der Waals surface area (Å²) in [6.45, 7) is 4.09. The minimum Gasteiger partial charge on any atom is -0.420 e. The number of allylic oxidation sites excluding steroid dienone is 1. The molecule has 2 aromatic heterocycles. The number of aromatic nitrogens is 2. The number of halogens is 2. The number of nitrogens with one attached hydrogen (secondary N) is 1. The quantitative estimate of drug-likeness (QED) is 0.594. The van der Waals surface area contributed by atoms with Crippen LogP contribution in [-0.4, -0.2) is 10.2 Å². The van der Waals surface area contributed by atoms with Gasteiger partial charge in [0, 0.05) is 15.3 Å². The van der Waals surface area contributed by atoms with E-state index in [1.54, 1.807) is 23.5 Å². The highest BCUT2D eigenvalue weighted by Crippen LogP contribution is 2.49. The standard InChI is InChI=1S/C19H14Cl2N4OS/c1-8-6-11(9(2)27-8)17-15-14(10-4-3-5-13(20)16(10)21)12(7-22)18(23)26-19(15)25-24-17/h3-6,14H,23H2,1-2H3,(H,24,25)/t14-/m0/s1. The molecule has 27 heavy (non-hydrogen) atoms. The molecule has 5 nitrogen and oxygen atoms in total. The third-order valence-electron chi connectivity index (χ3n) is 4.54. The van der Waals surface area contributed by atoms with E-state index < -0.39 is 5.92 Å². The maximum atomic E-state index is 9.76. The number of thiophene rings is 1. The largest absolute Gasteiger partial charge is 0.420 e. The van der Waals surface area contributed by atoms with Gasteiger partial charge in [0.1, 0.15) is 11.6 Å². The number of rotatable bonds is 2. The molecular formula is C19H14Cl2N4OS. The van der Waals surface area contributed by atoms with Gasteiger partial charge < -0.3 is 10.5 Å². The lowest BCUT2D eigenvalue weighted by atomic mass is 9.83. The van der Waals surface area contributed by atoms with Crippen molar-refractivity contribution in [2.24, 2.45) is 5.73 Å². The van der Waals surface area contributed by atoms with E-state index in [9.17, 15) is 5.26 Å². The molecule has 0 unspecified atom stereocenters. The molecule has 0 aliphatic carbocycles. The van der Waals surface area contributed by atoms with Gasteiger partial charge in [-0.3, -0.25) is 5.10 Å². The molecule has 1 aliphatic heterocycles. The number of H-pyrrole nitrogens is 1. The van der Waals surface area contributed by atoms with Crippen LogP contribution in [0, 0.1) is 25.2 Å². The molecular weight excluding hydrogens is 403 g/mol. The van der Waals surface area contributed by atoms with Crippen molar-refractivity contribution in [1.82, 2.24) is 10.2 Å². The van der Waals surface area contributed by atoms with Gasteiger partial charge in [0.15, 0.2) is 0 Å². The van der Waals surface area contributed by atoms with Gasteiger partial charge in [-0.2, -0.15) is 5.26 Å². The van der Waals surface area contributed by atoms with Gasteiger partial charge in [0.05, 0.1) is 27.2 Å². The lowest BCUT2D eigenvalue weighted by molar-refractivity contribution is 0.379. The van der Waals surface area contributed by atoms with Crippen LogP contribution < -0.4 is 10.5 Å². The number of ether oxygens (including phenoxy) is 1. The minimum atomic E-state index is -0.529. The molecule has 3 heterocycles. The summed E-state index contributed by atoms with van der Waals surface area (Å²) in [6, 6.07) is 9.58. The van der Waals surface area contributed by atoms with E-state index in [-0.39, 0.29) is 11.5 Å². The Balaban J connectivity index is 2.02. The summed E-state index contributed by atoms with van der Waals surface area (Å²) in [6.07, 6.45) is 0. The first-order valence-corrected chi connectivity index (χ1v) is 9.66. The molecule has 1 aromatic carbocycles. The lowest BCUT2D eigenvalue weighted by Gasteiger charge is -2.25. The molecule has 0 bridgehead atoms. The van der Waals surface area contributed by atoms with E-state index in [0.29, 0.717) is 21.5 Å². The molecule has 0 saturated heterocycles. The Morgan fingerprint density at radius 1 is 1.33 bits per heavy atom. The molecule has 0 spiro atoms. The highest BCUT2D eigenvalue weighted by Gasteiger charge is 2.37. The van der Waals surface area contributed by atoms with Crippen molar-refractivity contribution >= 4 is 34.5 Å². The lowest BCUT2D eigenvalue weighted by Crippen LogP contribution is -2.21. The summed E-state index contributed by atoms with van der Waals surface area (Å²) in [7, 11) is 0. The van der Waals surface area contributed by atoms with E-state index in [1.807, 2.05) is 19.9 Å². The average molecular weight is 417 g/mol. The van der Waals surface area contributed by atoms with Crippen LogP contribution in [0.15, 0.2) is 35.7 Å². The first kappa shape index (κ1) is 17.9. The SMILES string of the molecule is Cc1cc(-c2[nH]nc3c2[C@@H](c2cccc(Cl)c2Cl)C(C#N)=C(N)O3)c(C)s1. The number of benzene rings is 1. The van der Waals surface area contributed by atoms with Gasteiger partial charge >= 0.3 is 0 Å². The van der Waals surface area contributed by atoms with Crippen molar-refractivity contribution in [3.8, 4) is 23.2 Å². The van der Waals surface area contributed by atoms with Gasteiger partial charge in [-0.05, 0) is 31.5 Å². The number of hydrogen-bond donors (Lipinski definition) is 2. The van der Waals surface area contributed by atoms with Gasteiger partial charge in [-0.1, -0.05) is 35.3 Å². The number of nitrogens with zero attached hydrogens (tertiary/aromatic N) is 2. The maximum Gasteiger partial charge on any atom is 0.244 e. The molecule has 8 heteroatoms. The molecule has 0 amide bonds. The first-order chi connectivity index (χ1) is 12.9. The molecule has 0 saturated carbocycles. The van der Waals surface area contributed by atoms with Crippen LogP contribution in [-0.2, 0) is 0 Å². The summed E-state index contributed by atoms with van der Waals surface area (Å²) in [5, 5.41) is 17.9. The summed E-state index contributed by atoms with van der Waals surface area (Å²) in [4.78, 5) is 2.31. The highest BCUT2D eigenvalue weighted by atomic mass is 35.5. The molecule has 3 N–H and O–H groups in total. The number of nitriles is 1. The van der Waals surface area contributed by atoms with E-state index >= 15 is 0 Å². The van der Waals surface area contributed by atoms with Crippen LogP contribution in [0.1, 0.15) is 26.8 Å². The molecule has 3 aromatic rings. The van der Waals surface area contributed by atoms with Gasteiger partial charge in [0.25, 0.3) is 0 Å². The summed E-state index contributed by atoms with van der Waals surface area (Å²) in [5.41, 5.74) is 9.49. The van der Waals surface area contributed by atoms with E-state index in [1.165, 1.54) is 4.88 Å². The third-order valence-corrected chi connectivity index (χ3v) is 6.34. The van der Waals surface area contributed by atoms with Crippen molar-refractivity contribution in [1.29, 1.82) is 5.26 Å². The van der Waals surface area contributed by atoms with Crippen LogP contribution in [0.2, 0.25) is 10.0 Å². The van der Waals surface area contributed by atoms with E-state index in [0.717, 1.165) is 21.7 Å². The van der Waals surface area contributed by atoms with Crippen molar-refractivity contribution in [2.75, 3.05) is 0 Å². The molecule has 0 fully saturated rings. The predicted octanol–water partition coefficient (Wildman–Crippen LogP) is 5.28.